The number of hydrogen-bond acceptors (Lipinski definition) is 4. The van der Waals surface area contributed by atoms with Crippen LogP contribution in [0.2, 0.25) is 0 Å². The fraction of sp³-hybridized carbons (Fsp3) is 0.455. The van der Waals surface area contributed by atoms with Crippen LogP contribution in [0.3, 0.4) is 0 Å². The minimum absolute atomic E-state index is 0.0615. The van der Waals surface area contributed by atoms with E-state index in [1.807, 2.05) is 6.92 Å². The van der Waals surface area contributed by atoms with Crippen LogP contribution < -0.4 is 0 Å². The average Bonchev–Trinajstić information content (AvgIpc) is 3.27. The Balaban J connectivity index is 1.91. The summed E-state index contributed by atoms with van der Waals surface area (Å²) in [7, 11) is 2.27. The highest BCUT2D eigenvalue weighted by atomic mass is 16.5. The lowest BCUT2D eigenvalue weighted by Crippen LogP contribution is -2.45. The van der Waals surface area contributed by atoms with Crippen molar-refractivity contribution in [2.75, 3.05) is 13.6 Å². The van der Waals surface area contributed by atoms with Crippen molar-refractivity contribution < 1.29 is 4.52 Å². The topological polar surface area (TPSA) is 47.1 Å². The van der Waals surface area contributed by atoms with Gasteiger partial charge in [-0.15, -0.1) is 0 Å². The van der Waals surface area contributed by atoms with Crippen LogP contribution in [0.15, 0.2) is 34.9 Å². The fourth-order valence-electron chi connectivity index (χ4n) is 5.29. The Hall–Kier alpha value is -2.40. The van der Waals surface area contributed by atoms with Crippen LogP contribution in [0.5, 0.6) is 0 Å². The molecule has 5 heteroatoms. The lowest BCUT2D eigenvalue weighted by Gasteiger charge is -2.48. The third-order valence-electron chi connectivity index (χ3n) is 6.71. The Kier molecular flexibility index (Phi) is 3.60. The predicted octanol–water partition coefficient (Wildman–Crippen LogP) is 4.57. The van der Waals surface area contributed by atoms with E-state index in [0.717, 1.165) is 31.5 Å². The van der Waals surface area contributed by atoms with Crippen LogP contribution in [-0.4, -0.2) is 33.2 Å². The summed E-state index contributed by atoms with van der Waals surface area (Å²) in [6, 6.07) is 9.11. The van der Waals surface area contributed by atoms with Gasteiger partial charge in [0.05, 0.1) is 11.6 Å². The molecule has 140 valence electrons. The number of para-hydroxylation sites is 1. The van der Waals surface area contributed by atoms with Gasteiger partial charge in [-0.25, -0.2) is 0 Å². The van der Waals surface area contributed by atoms with Crippen molar-refractivity contribution in [1.29, 1.82) is 0 Å². The van der Waals surface area contributed by atoms with Crippen molar-refractivity contribution in [2.24, 2.45) is 5.41 Å². The van der Waals surface area contributed by atoms with E-state index in [0.29, 0.717) is 17.8 Å². The number of likely N-dealkylation sites (N-methyl/N-ethyl adjacent to an activating group) is 1. The monoisotopic (exact) mass is 362 g/mol. The largest absolute Gasteiger partial charge is 0.332 e. The highest BCUT2D eigenvalue weighted by Gasteiger charge is 2.47. The average molecular weight is 362 g/mol. The van der Waals surface area contributed by atoms with Crippen molar-refractivity contribution in [2.45, 2.75) is 46.1 Å². The second kappa shape index (κ2) is 5.80. The molecule has 5 nitrogen and oxygen atoms in total. The first-order valence-corrected chi connectivity index (χ1v) is 9.96. The third kappa shape index (κ3) is 2.15. The summed E-state index contributed by atoms with van der Waals surface area (Å²) in [4.78, 5) is 7.13. The lowest BCUT2D eigenvalue weighted by atomic mass is 9.69. The standard InChI is InChI=1S/C22H26N4O/c1-5-22(6-2)13-18(21-23-14(3)24-27-21)26-17-10-8-7-9-15(17)16-11-12-25(4)20(22)19(16)26/h7-10,13,20H,5-6,11-12H2,1-4H3/t20-/m1/s1. The van der Waals surface area contributed by atoms with E-state index < -0.39 is 0 Å². The Morgan fingerprint density at radius 1 is 1.22 bits per heavy atom. The molecule has 5 rings (SSSR count). The molecule has 3 aromatic rings. The first-order valence-electron chi connectivity index (χ1n) is 9.96. The van der Waals surface area contributed by atoms with E-state index in [1.54, 1.807) is 0 Å². The minimum Gasteiger partial charge on any atom is -0.332 e. The molecule has 0 fully saturated rings. The molecule has 0 aliphatic carbocycles. The number of nitrogens with zero attached hydrogens (tertiary/aromatic N) is 4. The number of benzene rings is 1. The molecule has 1 aromatic carbocycles. The van der Waals surface area contributed by atoms with Crippen molar-refractivity contribution >= 4 is 16.6 Å². The van der Waals surface area contributed by atoms with Gasteiger partial charge >= 0.3 is 0 Å². The summed E-state index contributed by atoms with van der Waals surface area (Å²) in [6.07, 6.45) is 5.65. The van der Waals surface area contributed by atoms with E-state index in [2.05, 4.69) is 70.8 Å². The van der Waals surface area contributed by atoms with Crippen molar-refractivity contribution in [1.82, 2.24) is 19.6 Å². The summed E-state index contributed by atoms with van der Waals surface area (Å²) in [5.74, 6) is 1.29. The van der Waals surface area contributed by atoms with Crippen LogP contribution in [0.1, 0.15) is 55.7 Å². The van der Waals surface area contributed by atoms with Gasteiger partial charge in [0, 0.05) is 23.0 Å². The maximum atomic E-state index is 5.65. The molecular formula is C22H26N4O. The molecule has 4 heterocycles. The summed E-state index contributed by atoms with van der Waals surface area (Å²) >= 11 is 0. The highest BCUT2D eigenvalue weighted by Crippen LogP contribution is 2.54. The molecule has 0 bridgehead atoms. The second-order valence-electron chi connectivity index (χ2n) is 7.97. The van der Waals surface area contributed by atoms with Crippen molar-refractivity contribution in [3.05, 3.63) is 53.3 Å². The van der Waals surface area contributed by atoms with E-state index in [9.17, 15) is 0 Å². The summed E-state index contributed by atoms with van der Waals surface area (Å²) in [5, 5.41) is 5.43. The molecule has 0 saturated carbocycles. The molecule has 0 saturated heterocycles. The van der Waals surface area contributed by atoms with Gasteiger partial charge in [-0.1, -0.05) is 37.2 Å². The summed E-state index contributed by atoms with van der Waals surface area (Å²) in [5.41, 5.74) is 5.25. The molecule has 0 N–H and O–H groups in total. The quantitative estimate of drug-likeness (QED) is 0.685. The van der Waals surface area contributed by atoms with Gasteiger partial charge in [0.25, 0.3) is 5.89 Å². The van der Waals surface area contributed by atoms with Gasteiger partial charge in [0.15, 0.2) is 5.82 Å². The Bertz CT molecular complexity index is 1050. The number of rotatable bonds is 3. The normalized spacial score (nSPS) is 21.3. The van der Waals surface area contributed by atoms with E-state index in [1.165, 1.54) is 22.2 Å². The number of aromatic nitrogens is 3. The van der Waals surface area contributed by atoms with Gasteiger partial charge in [0.1, 0.15) is 5.70 Å². The van der Waals surface area contributed by atoms with Crippen molar-refractivity contribution in [3.8, 4) is 0 Å². The summed E-state index contributed by atoms with van der Waals surface area (Å²) < 4.78 is 8.04. The molecule has 0 spiro atoms. The third-order valence-corrected chi connectivity index (χ3v) is 6.71. The number of fused-ring (bicyclic) bond motifs is 3. The molecular weight excluding hydrogens is 336 g/mol. The SMILES string of the molecule is CCC1(CC)C=C(c2nc(C)no2)n2c3c(c4ccccc42)CCN(C)[C@H]31. The van der Waals surface area contributed by atoms with Crippen LogP contribution in [0.4, 0.5) is 0 Å². The molecule has 2 aliphatic rings. The maximum Gasteiger partial charge on any atom is 0.274 e. The van der Waals surface area contributed by atoms with Crippen LogP contribution >= 0.6 is 0 Å². The van der Waals surface area contributed by atoms with Gasteiger partial charge in [-0.2, -0.15) is 4.98 Å². The minimum atomic E-state index is 0.0615. The predicted molar refractivity (Wildman–Crippen MR) is 106 cm³/mol. The first-order chi connectivity index (χ1) is 13.1. The fourth-order valence-corrected chi connectivity index (χ4v) is 5.29. The Morgan fingerprint density at radius 3 is 2.70 bits per heavy atom. The first kappa shape index (κ1) is 16.8. The lowest BCUT2D eigenvalue weighted by molar-refractivity contribution is 0.0938. The van der Waals surface area contributed by atoms with Gasteiger partial charge in [0.2, 0.25) is 0 Å². The highest BCUT2D eigenvalue weighted by molar-refractivity contribution is 5.91. The molecule has 2 aromatic heterocycles. The maximum absolute atomic E-state index is 5.65. The summed E-state index contributed by atoms with van der Waals surface area (Å²) in [6.45, 7) is 7.58. The van der Waals surface area contributed by atoms with Gasteiger partial charge in [-0.3, -0.25) is 4.90 Å². The van der Waals surface area contributed by atoms with Crippen LogP contribution in [0, 0.1) is 12.3 Å². The zero-order valence-corrected chi connectivity index (χ0v) is 16.5. The molecule has 0 radical (unpaired) electrons. The molecule has 0 amide bonds. The van der Waals surface area contributed by atoms with E-state index >= 15 is 0 Å². The smallest absolute Gasteiger partial charge is 0.274 e. The molecule has 27 heavy (non-hydrogen) atoms. The second-order valence-corrected chi connectivity index (χ2v) is 7.97. The van der Waals surface area contributed by atoms with Crippen LogP contribution in [0.25, 0.3) is 16.6 Å². The zero-order chi connectivity index (χ0) is 18.8. The van der Waals surface area contributed by atoms with Gasteiger partial charge < -0.3 is 9.09 Å². The van der Waals surface area contributed by atoms with Crippen molar-refractivity contribution in [3.63, 3.8) is 0 Å². The molecule has 2 aliphatic heterocycles. The molecule has 0 unspecified atom stereocenters. The van der Waals surface area contributed by atoms with Crippen LogP contribution in [-0.2, 0) is 6.42 Å². The van der Waals surface area contributed by atoms with E-state index in [-0.39, 0.29) is 5.41 Å². The van der Waals surface area contributed by atoms with E-state index in [4.69, 9.17) is 4.52 Å². The Labute approximate surface area is 159 Å². The zero-order valence-electron chi connectivity index (χ0n) is 16.5. The van der Waals surface area contributed by atoms with Gasteiger partial charge in [-0.05, 0) is 50.9 Å². The Morgan fingerprint density at radius 2 is 2.00 bits per heavy atom. The number of hydrogen-bond donors (Lipinski definition) is 0. The molecule has 1 atom stereocenters. The number of aryl methyl sites for hydroxylation is 1.